The number of nitrogens with one attached hydrogen (secondary N) is 1. The van der Waals surface area contributed by atoms with Gasteiger partial charge in [0, 0.05) is 15.7 Å². The maximum absolute atomic E-state index is 12.8. The van der Waals surface area contributed by atoms with Gasteiger partial charge in [-0.05, 0) is 30.7 Å². The van der Waals surface area contributed by atoms with Gasteiger partial charge in [-0.1, -0.05) is 58.4 Å². The van der Waals surface area contributed by atoms with Gasteiger partial charge in [0.2, 0.25) is 5.78 Å². The number of aromatic nitrogens is 1. The van der Waals surface area contributed by atoms with Crippen LogP contribution in [0.4, 0.5) is 0 Å². The summed E-state index contributed by atoms with van der Waals surface area (Å²) in [7, 11) is 0. The number of ether oxygens (including phenoxy) is 1. The highest BCUT2D eigenvalue weighted by molar-refractivity contribution is 9.10. The summed E-state index contributed by atoms with van der Waals surface area (Å²) in [6.45, 7) is 1.98. The second-order valence-electron chi connectivity index (χ2n) is 5.39. The van der Waals surface area contributed by atoms with Crippen LogP contribution in [0.25, 0.3) is 11.3 Å². The third-order valence-corrected chi connectivity index (χ3v) is 4.26. The van der Waals surface area contributed by atoms with Gasteiger partial charge in [0.05, 0.1) is 12.2 Å². The molecule has 3 aromatic rings. The Morgan fingerprint density at radius 3 is 2.36 bits per heavy atom. The van der Waals surface area contributed by atoms with Gasteiger partial charge in [-0.15, -0.1) is 0 Å². The number of ketones is 1. The molecule has 5 heteroatoms. The summed E-state index contributed by atoms with van der Waals surface area (Å²) in [5.74, 6) is -0.756. The molecule has 0 saturated heterocycles. The lowest BCUT2D eigenvalue weighted by atomic mass is 10.1. The Bertz CT molecular complexity index is 898. The fraction of sp³-hybridized carbons (Fsp3) is 0.100. The van der Waals surface area contributed by atoms with E-state index in [0.29, 0.717) is 11.3 Å². The molecule has 2 aromatic carbocycles. The van der Waals surface area contributed by atoms with Crippen molar-refractivity contribution in [2.45, 2.75) is 6.92 Å². The molecule has 1 N–H and O–H groups in total. The molecule has 0 aliphatic rings. The van der Waals surface area contributed by atoms with Crippen LogP contribution in [-0.2, 0) is 4.74 Å². The second-order valence-corrected chi connectivity index (χ2v) is 6.31. The number of carbonyl (C=O) groups is 2. The highest BCUT2D eigenvalue weighted by atomic mass is 79.9. The average molecular weight is 398 g/mol. The number of aromatic amines is 1. The minimum atomic E-state index is -0.513. The lowest BCUT2D eigenvalue weighted by Crippen LogP contribution is -2.11. The largest absolute Gasteiger partial charge is 0.462 e. The van der Waals surface area contributed by atoms with E-state index in [1.807, 2.05) is 30.3 Å². The molecule has 0 unspecified atom stereocenters. The Labute approximate surface area is 154 Å². The van der Waals surface area contributed by atoms with E-state index in [-0.39, 0.29) is 23.6 Å². The van der Waals surface area contributed by atoms with Crippen molar-refractivity contribution in [2.75, 3.05) is 6.61 Å². The Morgan fingerprint density at radius 2 is 1.72 bits per heavy atom. The minimum Gasteiger partial charge on any atom is -0.462 e. The molecular weight excluding hydrogens is 382 g/mol. The van der Waals surface area contributed by atoms with Crippen LogP contribution in [-0.4, -0.2) is 23.3 Å². The van der Waals surface area contributed by atoms with Crippen molar-refractivity contribution in [3.05, 3.63) is 82.0 Å². The lowest BCUT2D eigenvalue weighted by molar-refractivity contribution is 0.0523. The van der Waals surface area contributed by atoms with Crippen LogP contribution in [0.3, 0.4) is 0 Å². The van der Waals surface area contributed by atoms with E-state index in [1.165, 1.54) is 0 Å². The summed E-state index contributed by atoms with van der Waals surface area (Å²) < 4.78 is 6.06. The van der Waals surface area contributed by atoms with Gasteiger partial charge in [-0.25, -0.2) is 4.79 Å². The van der Waals surface area contributed by atoms with Crippen molar-refractivity contribution in [1.82, 2.24) is 4.98 Å². The molecule has 1 aromatic heterocycles. The maximum Gasteiger partial charge on any atom is 0.340 e. The molecule has 0 spiro atoms. The predicted octanol–water partition coefficient (Wildman–Crippen LogP) is 4.85. The van der Waals surface area contributed by atoms with E-state index >= 15 is 0 Å². The number of rotatable bonds is 5. The van der Waals surface area contributed by atoms with E-state index in [4.69, 9.17) is 4.74 Å². The number of benzene rings is 2. The van der Waals surface area contributed by atoms with E-state index in [0.717, 1.165) is 10.0 Å². The van der Waals surface area contributed by atoms with Gasteiger partial charge >= 0.3 is 5.97 Å². The first-order valence-electron chi connectivity index (χ1n) is 7.86. The molecule has 0 bridgehead atoms. The summed E-state index contributed by atoms with van der Waals surface area (Å²) in [5.41, 5.74) is 2.56. The lowest BCUT2D eigenvalue weighted by Gasteiger charge is -2.03. The molecule has 25 heavy (non-hydrogen) atoms. The fourth-order valence-electron chi connectivity index (χ4n) is 2.52. The van der Waals surface area contributed by atoms with E-state index < -0.39 is 5.97 Å². The Balaban J connectivity index is 2.07. The Kier molecular flexibility index (Phi) is 5.14. The predicted molar refractivity (Wildman–Crippen MR) is 99.8 cm³/mol. The molecule has 0 aliphatic carbocycles. The van der Waals surface area contributed by atoms with Gasteiger partial charge in [0.25, 0.3) is 0 Å². The van der Waals surface area contributed by atoms with Crippen LogP contribution in [0.2, 0.25) is 0 Å². The summed E-state index contributed by atoms with van der Waals surface area (Å²) in [4.78, 5) is 28.2. The molecule has 1 heterocycles. The van der Waals surface area contributed by atoms with Crippen LogP contribution < -0.4 is 0 Å². The summed E-state index contributed by atoms with van der Waals surface area (Å²) in [6.07, 6.45) is 0. The first kappa shape index (κ1) is 17.2. The van der Waals surface area contributed by atoms with E-state index in [1.54, 1.807) is 37.3 Å². The second kappa shape index (κ2) is 7.49. The minimum absolute atomic E-state index is 0.238. The number of esters is 1. The summed E-state index contributed by atoms with van der Waals surface area (Å²) >= 11 is 3.40. The summed E-state index contributed by atoms with van der Waals surface area (Å²) in [5, 5.41) is 0. The molecule has 0 amide bonds. The molecule has 126 valence electrons. The molecule has 0 atom stereocenters. The number of halogens is 1. The van der Waals surface area contributed by atoms with E-state index in [9.17, 15) is 9.59 Å². The number of hydrogen-bond acceptors (Lipinski definition) is 3. The standard InChI is InChI=1S/C20H16BrNO3/c1-2-25-20(24)16-12-17(13-8-10-15(21)11-9-13)22-18(16)19(23)14-6-4-3-5-7-14/h3-12,22H,2H2,1H3. The molecule has 0 fully saturated rings. The third kappa shape index (κ3) is 3.72. The van der Waals surface area contributed by atoms with E-state index in [2.05, 4.69) is 20.9 Å². The van der Waals surface area contributed by atoms with Crippen molar-refractivity contribution in [3.63, 3.8) is 0 Å². The molecule has 3 rings (SSSR count). The zero-order valence-electron chi connectivity index (χ0n) is 13.6. The molecular formula is C20H16BrNO3. The maximum atomic E-state index is 12.8. The van der Waals surface area contributed by atoms with Crippen LogP contribution in [0.5, 0.6) is 0 Å². The van der Waals surface area contributed by atoms with Gasteiger partial charge < -0.3 is 9.72 Å². The van der Waals surface area contributed by atoms with Gasteiger partial charge in [-0.3, -0.25) is 4.79 Å². The van der Waals surface area contributed by atoms with Crippen LogP contribution in [0, 0.1) is 0 Å². The fourth-order valence-corrected chi connectivity index (χ4v) is 2.79. The highest BCUT2D eigenvalue weighted by Gasteiger charge is 2.23. The SMILES string of the molecule is CCOC(=O)c1cc(-c2ccc(Br)cc2)[nH]c1C(=O)c1ccccc1. The average Bonchev–Trinajstić information content (AvgIpc) is 3.08. The zero-order valence-corrected chi connectivity index (χ0v) is 15.2. The first-order valence-corrected chi connectivity index (χ1v) is 8.65. The van der Waals surface area contributed by atoms with Gasteiger partial charge in [-0.2, -0.15) is 0 Å². The smallest absolute Gasteiger partial charge is 0.340 e. The third-order valence-electron chi connectivity index (χ3n) is 3.73. The quantitative estimate of drug-likeness (QED) is 0.494. The topological polar surface area (TPSA) is 59.2 Å². The molecule has 0 radical (unpaired) electrons. The number of H-pyrrole nitrogens is 1. The van der Waals surface area contributed by atoms with Crippen molar-refractivity contribution in [1.29, 1.82) is 0 Å². The van der Waals surface area contributed by atoms with Gasteiger partial charge in [0.1, 0.15) is 5.69 Å². The van der Waals surface area contributed by atoms with Crippen LogP contribution in [0.1, 0.15) is 33.3 Å². The molecule has 0 saturated carbocycles. The van der Waals surface area contributed by atoms with Crippen molar-refractivity contribution in [3.8, 4) is 11.3 Å². The molecule has 4 nitrogen and oxygen atoms in total. The molecule has 0 aliphatic heterocycles. The number of hydrogen-bond donors (Lipinski definition) is 1. The highest BCUT2D eigenvalue weighted by Crippen LogP contribution is 2.26. The Morgan fingerprint density at radius 1 is 1.04 bits per heavy atom. The van der Waals surface area contributed by atoms with Crippen LogP contribution >= 0.6 is 15.9 Å². The van der Waals surface area contributed by atoms with Gasteiger partial charge in [0.15, 0.2) is 0 Å². The zero-order chi connectivity index (χ0) is 17.8. The Hall–Kier alpha value is -2.66. The monoisotopic (exact) mass is 397 g/mol. The number of carbonyl (C=O) groups excluding carboxylic acids is 2. The van der Waals surface area contributed by atoms with Crippen molar-refractivity contribution < 1.29 is 14.3 Å². The summed E-state index contributed by atoms with van der Waals surface area (Å²) in [6, 6.07) is 18.1. The van der Waals surface area contributed by atoms with Crippen LogP contribution in [0.15, 0.2) is 65.1 Å². The first-order chi connectivity index (χ1) is 12.1. The normalized spacial score (nSPS) is 10.5. The van der Waals surface area contributed by atoms with Crippen molar-refractivity contribution >= 4 is 27.7 Å². The van der Waals surface area contributed by atoms with Crippen molar-refractivity contribution in [2.24, 2.45) is 0 Å².